The quantitative estimate of drug-likeness (QED) is 0.0345. The van der Waals surface area contributed by atoms with Crippen LogP contribution in [0.25, 0.3) is 55.6 Å². The Labute approximate surface area is 587 Å². The van der Waals surface area contributed by atoms with Crippen molar-refractivity contribution in [1.82, 2.24) is 0 Å². The fourth-order valence-electron chi connectivity index (χ4n) is 22.9. The molecule has 10 nitrogen and oxygen atoms in total. The highest BCUT2D eigenvalue weighted by molar-refractivity contribution is 6.35. The summed E-state index contributed by atoms with van der Waals surface area (Å²) in [4.78, 5) is 59.0. The van der Waals surface area contributed by atoms with Crippen LogP contribution in [0.15, 0.2) is 204 Å². The van der Waals surface area contributed by atoms with Crippen LogP contribution >= 0.6 is 11.6 Å². The normalized spacial score (nSPS) is 23.5. The summed E-state index contributed by atoms with van der Waals surface area (Å²) in [6, 6.07) is 69.8. The third-order valence-corrected chi connectivity index (χ3v) is 26.6. The van der Waals surface area contributed by atoms with Crippen LogP contribution in [0.4, 0.5) is 0 Å². The molecule has 101 heavy (non-hydrogen) atoms. The third-order valence-electron chi connectivity index (χ3n) is 25.9. The van der Waals surface area contributed by atoms with Crippen molar-refractivity contribution in [3.05, 3.63) is 316 Å². The Balaban J connectivity index is 0.994. The molecule has 0 heterocycles. The molecule has 492 valence electrons. The summed E-state index contributed by atoms with van der Waals surface area (Å²) >= 11 is 10.6. The molecule has 10 aromatic carbocycles. The minimum atomic E-state index is -1.49. The van der Waals surface area contributed by atoms with E-state index in [2.05, 4.69) is 182 Å². The summed E-state index contributed by atoms with van der Waals surface area (Å²) < 4.78 is 0. The van der Waals surface area contributed by atoms with Gasteiger partial charge in [-0.3, -0.25) is 24.0 Å². The van der Waals surface area contributed by atoms with Crippen molar-refractivity contribution in [2.75, 3.05) is 0 Å². The van der Waals surface area contributed by atoms with Gasteiger partial charge in [0.15, 0.2) is 0 Å². The van der Waals surface area contributed by atoms with E-state index < -0.39 is 61.8 Å². The van der Waals surface area contributed by atoms with Gasteiger partial charge in [-0.25, -0.2) is 0 Å². The van der Waals surface area contributed by atoms with Crippen LogP contribution in [0.5, 0.6) is 0 Å². The highest BCUT2D eigenvalue weighted by Gasteiger charge is 2.86. The molecule has 21 rings (SSSR count). The maximum atomic E-state index is 12.1. The SMILES string of the molecule is O=C(O)CCCc1ccc([C@]23C4=C5[C@]6(c7ccc(CCCC(=O)O)cc7)c7c8ccc(c72)-c2ccc7c(c23)[C@]2(c3ccc(CCCC(=O)O)cc3)C4=C3[C@@]4(c9ccc(CCCC(=O)O)cc9)c9c(ccc-7c92)-c2ccc7c(c24)[C@@](c2ccc(CCCC(=O)O)cc2)(c2c-7ccc-8c26)[C@@]53Cl)cc1. The Morgan fingerprint density at radius 1 is 0.248 bits per heavy atom. The predicted molar refractivity (Wildman–Crippen MR) is 384 cm³/mol. The number of aliphatic carboxylic acids is 5. The van der Waals surface area contributed by atoms with Gasteiger partial charge in [0.05, 0.1) is 27.1 Å². The molecule has 0 unspecified atom stereocenters. The second kappa shape index (κ2) is 19.9. The second-order valence-corrected chi connectivity index (χ2v) is 30.7. The molecule has 0 amide bonds. The van der Waals surface area contributed by atoms with Gasteiger partial charge < -0.3 is 25.5 Å². The summed E-state index contributed by atoms with van der Waals surface area (Å²) in [5.74, 6) is -4.14. The van der Waals surface area contributed by atoms with E-state index in [1.807, 2.05) is 0 Å². The van der Waals surface area contributed by atoms with Crippen LogP contribution in [0.1, 0.15) is 175 Å². The average molecular weight is 1340 g/mol. The van der Waals surface area contributed by atoms with Crippen molar-refractivity contribution in [3.63, 3.8) is 0 Å². The molecule has 0 aromatic heterocycles. The fourth-order valence-corrected chi connectivity index (χ4v) is 23.7. The molecule has 11 heteroatoms. The smallest absolute Gasteiger partial charge is 0.303 e. The van der Waals surface area contributed by atoms with Gasteiger partial charge in [-0.05, 0) is 253 Å². The van der Waals surface area contributed by atoms with Crippen LogP contribution in [0.3, 0.4) is 0 Å². The molecular formula is C90H65ClO10. The minimum absolute atomic E-state index is 0.0465. The number of hydrogen-bond acceptors (Lipinski definition) is 5. The molecule has 0 fully saturated rings. The molecular weight excluding hydrogens is 1280 g/mol. The van der Waals surface area contributed by atoms with Crippen molar-refractivity contribution < 1.29 is 49.5 Å². The van der Waals surface area contributed by atoms with Crippen molar-refractivity contribution in [2.45, 2.75) is 128 Å². The Hall–Kier alpha value is -10.7. The van der Waals surface area contributed by atoms with Crippen molar-refractivity contribution >= 4 is 41.4 Å². The number of fused-ring (bicyclic) bond motifs is 5. The van der Waals surface area contributed by atoms with Gasteiger partial charge in [-0.2, -0.15) is 0 Å². The lowest BCUT2D eigenvalue weighted by atomic mass is 9.40. The highest BCUT2D eigenvalue weighted by atomic mass is 35.5. The van der Waals surface area contributed by atoms with Gasteiger partial charge in [0.1, 0.15) is 4.87 Å². The summed E-state index contributed by atoms with van der Waals surface area (Å²) in [5, 5.41) is 49.7. The first-order chi connectivity index (χ1) is 49.1. The van der Waals surface area contributed by atoms with E-state index >= 15 is 0 Å². The zero-order chi connectivity index (χ0) is 68.3. The molecule has 0 spiro atoms. The standard InChI is InChI=1S/C90H65ClO10/c91-90-83-81-82-84(90)88(54-32-22-49(23-33-54)9-4-14-69(98)99)76-61-41-39-59-57-37-36-56-58-38-40-60-62-42-44-64-65-45-43-63(61)78(88)80(65)89(90,55-34-24-50(25-35-55)10-5-15-70(100)101)79(64)77(62)87(83,53-30-20-48(21-31-53)8-3-13-68(96)97)75(60)73(58)85(81,51-26-16-46(17-27-51)6-1-11-66(92)93)71(56)72(57)86(82,74(59)76)52-28-18-47(19-29-52)7-2-12-67(94)95/h16-45H,1-15H2,(H,92,93)(H,94,95)(H,96,97)(H,98,99)(H,100,101)/t85-,86+,87-,88+,89-,90-. The number of rotatable bonds is 25. The van der Waals surface area contributed by atoms with Crippen molar-refractivity contribution in [3.8, 4) is 55.6 Å². The molecule has 11 aliphatic rings. The van der Waals surface area contributed by atoms with Crippen LogP contribution in [0, 0.1) is 0 Å². The largest absolute Gasteiger partial charge is 0.481 e. The number of carboxylic acids is 5. The van der Waals surface area contributed by atoms with Crippen LogP contribution < -0.4 is 0 Å². The van der Waals surface area contributed by atoms with Gasteiger partial charge in [0, 0.05) is 32.1 Å². The molecule has 5 N–H and O–H groups in total. The van der Waals surface area contributed by atoms with E-state index in [0.717, 1.165) is 122 Å². The van der Waals surface area contributed by atoms with Gasteiger partial charge in [0.2, 0.25) is 0 Å². The molecule has 6 atom stereocenters. The summed E-state index contributed by atoms with van der Waals surface area (Å²) in [6.07, 6.45) is 5.58. The number of carbonyl (C=O) groups is 5. The molecule has 0 saturated heterocycles. The number of alkyl halides is 1. The monoisotopic (exact) mass is 1340 g/mol. The van der Waals surface area contributed by atoms with Crippen LogP contribution in [-0.2, 0) is 83.2 Å². The molecule has 0 saturated carbocycles. The molecule has 0 radical (unpaired) electrons. The van der Waals surface area contributed by atoms with E-state index in [0.29, 0.717) is 64.2 Å². The number of carboxylic acid groups (broad SMARTS) is 5. The number of halogens is 1. The lowest BCUT2D eigenvalue weighted by Crippen LogP contribution is -2.65. The second-order valence-electron chi connectivity index (χ2n) is 30.2. The summed E-state index contributed by atoms with van der Waals surface area (Å²) in [5.41, 5.74) is 33.6. The van der Waals surface area contributed by atoms with E-state index in [4.69, 9.17) is 0 Å². The third kappa shape index (κ3) is 6.60. The first kappa shape index (κ1) is 59.2. The zero-order valence-electron chi connectivity index (χ0n) is 55.1. The van der Waals surface area contributed by atoms with Crippen LogP contribution in [-0.4, -0.2) is 60.3 Å². The highest BCUT2D eigenvalue weighted by Crippen LogP contribution is 2.92. The lowest BCUT2D eigenvalue weighted by Gasteiger charge is -2.64. The Bertz CT molecular complexity index is 5360. The number of hydrogen-bond donors (Lipinski definition) is 5. The maximum Gasteiger partial charge on any atom is 0.303 e. The van der Waals surface area contributed by atoms with Crippen molar-refractivity contribution in [2.24, 2.45) is 0 Å². The number of aryl methyl sites for hydroxylation is 5. The fraction of sp³-hybridized carbons (Fsp3) is 0.233. The minimum Gasteiger partial charge on any atom is -0.481 e. The van der Waals surface area contributed by atoms with E-state index in [1.165, 1.54) is 66.8 Å². The topological polar surface area (TPSA) is 186 Å². The summed E-state index contributed by atoms with van der Waals surface area (Å²) in [7, 11) is 0. The van der Waals surface area contributed by atoms with Gasteiger partial charge in [-0.15, -0.1) is 11.6 Å². The zero-order valence-corrected chi connectivity index (χ0v) is 55.8. The first-order valence-corrected chi connectivity index (χ1v) is 36.2. The van der Waals surface area contributed by atoms with E-state index in [9.17, 15) is 61.1 Å². The Morgan fingerprint density at radius 2 is 0.436 bits per heavy atom. The first-order valence-electron chi connectivity index (χ1n) is 35.8. The maximum absolute atomic E-state index is 12.1. The molecule has 10 aromatic rings. The van der Waals surface area contributed by atoms with Gasteiger partial charge >= 0.3 is 29.8 Å². The Morgan fingerprint density at radius 3 is 0.663 bits per heavy atom. The Kier molecular flexibility index (Phi) is 11.6. The van der Waals surface area contributed by atoms with Gasteiger partial charge in [-0.1, -0.05) is 182 Å². The van der Waals surface area contributed by atoms with Crippen LogP contribution in [0.2, 0.25) is 0 Å². The average Bonchev–Trinajstić information content (AvgIpc) is 1.39. The lowest BCUT2D eigenvalue weighted by molar-refractivity contribution is -0.138. The number of allylic oxidation sites excluding steroid dienone is 4. The predicted octanol–water partition coefficient (Wildman–Crippen LogP) is 17.2. The van der Waals surface area contributed by atoms with E-state index in [1.54, 1.807) is 0 Å². The number of benzene rings is 10. The molecule has 0 bridgehead atoms. The van der Waals surface area contributed by atoms with E-state index in [-0.39, 0.29) is 32.1 Å². The molecule has 0 aliphatic heterocycles. The molecule has 11 aliphatic carbocycles. The van der Waals surface area contributed by atoms with Gasteiger partial charge in [0.25, 0.3) is 0 Å². The summed E-state index contributed by atoms with van der Waals surface area (Å²) in [6.45, 7) is 0. The van der Waals surface area contributed by atoms with Crippen molar-refractivity contribution in [1.29, 1.82) is 0 Å².